The lowest BCUT2D eigenvalue weighted by atomic mass is 10.1. The van der Waals surface area contributed by atoms with Gasteiger partial charge in [0, 0.05) is 47.0 Å². The molecular formula is C32H64N4. The van der Waals surface area contributed by atoms with Crippen molar-refractivity contribution in [2.45, 2.75) is 158 Å². The zero-order valence-electron chi connectivity index (χ0n) is 26.9. The van der Waals surface area contributed by atoms with Crippen molar-refractivity contribution in [3.05, 3.63) is 37.0 Å². The molecule has 0 N–H and O–H groups in total. The Balaban J connectivity index is 0.000000517. The molecule has 0 fully saturated rings. The predicted octanol–water partition coefficient (Wildman–Crippen LogP) is 9.18. The maximum absolute atomic E-state index is 2.36. The first-order valence-electron chi connectivity index (χ1n) is 14.4. The molecular weight excluding hydrogens is 440 g/mol. The summed E-state index contributed by atoms with van der Waals surface area (Å²) in [6.07, 6.45) is 21.4. The number of rotatable bonds is 6. The molecule has 4 heteroatoms. The zero-order chi connectivity index (χ0) is 28.2. The Labute approximate surface area is 227 Å². The van der Waals surface area contributed by atoms with Crippen LogP contribution in [0, 0.1) is 0 Å². The Morgan fingerprint density at radius 3 is 1.06 bits per heavy atom. The minimum absolute atomic E-state index is 0.233. The third-order valence-corrected chi connectivity index (χ3v) is 6.62. The summed E-state index contributed by atoms with van der Waals surface area (Å²) >= 11 is 0. The summed E-state index contributed by atoms with van der Waals surface area (Å²) in [5.74, 6) is 0. The van der Waals surface area contributed by atoms with Crippen LogP contribution in [0.1, 0.15) is 135 Å². The fraction of sp³-hybridized carbons (Fsp3) is 0.812. The molecule has 2 rings (SSSR count). The molecule has 0 radical (unpaired) electrons. The first kappa shape index (κ1) is 34.4. The largest absolute Gasteiger partial charge is 0.354 e. The van der Waals surface area contributed by atoms with E-state index in [2.05, 4.69) is 153 Å². The summed E-state index contributed by atoms with van der Waals surface area (Å²) in [6, 6.07) is 0. The highest BCUT2D eigenvalue weighted by Crippen LogP contribution is 2.25. The lowest BCUT2D eigenvalue weighted by Crippen LogP contribution is -2.44. The molecule has 2 heterocycles. The standard InChI is InChI=1S/2C11H22N2.C10H20/c2*1-10(2,3)12-7-8-13(9-12)11(4,5)6;1-3-5-7-9-10-8-6-4-2/h2*7-8H,9H2,1-6H3;3,5H,4,6-10H2,1-2H3. The van der Waals surface area contributed by atoms with Crippen LogP contribution in [0.2, 0.25) is 0 Å². The van der Waals surface area contributed by atoms with Crippen molar-refractivity contribution in [3.63, 3.8) is 0 Å². The van der Waals surface area contributed by atoms with Crippen LogP contribution >= 0.6 is 0 Å². The quantitative estimate of drug-likeness (QED) is 0.264. The van der Waals surface area contributed by atoms with Gasteiger partial charge in [0.2, 0.25) is 0 Å². The molecule has 36 heavy (non-hydrogen) atoms. The van der Waals surface area contributed by atoms with Crippen molar-refractivity contribution in [1.29, 1.82) is 0 Å². The zero-order valence-corrected chi connectivity index (χ0v) is 26.9. The third-order valence-electron chi connectivity index (χ3n) is 6.62. The van der Waals surface area contributed by atoms with Crippen molar-refractivity contribution < 1.29 is 0 Å². The summed E-state index contributed by atoms with van der Waals surface area (Å²) in [7, 11) is 0. The van der Waals surface area contributed by atoms with Crippen LogP contribution in [0.25, 0.3) is 0 Å². The predicted molar refractivity (Wildman–Crippen MR) is 163 cm³/mol. The smallest absolute Gasteiger partial charge is 0.0903 e. The molecule has 0 saturated carbocycles. The number of unbranched alkanes of at least 4 members (excludes halogenated alkanes) is 5. The molecule has 0 unspecified atom stereocenters. The molecule has 0 amide bonds. The first-order valence-corrected chi connectivity index (χ1v) is 14.4. The highest BCUT2D eigenvalue weighted by Gasteiger charge is 2.29. The van der Waals surface area contributed by atoms with E-state index in [-0.39, 0.29) is 22.2 Å². The SMILES string of the molecule is CC(C)(C)N1C=CN(C(C)(C)C)C1.CC(C)(C)N1C=CN(C(C)(C)C)C1.CC=CCCCCCCC. The first-order chi connectivity index (χ1) is 16.3. The lowest BCUT2D eigenvalue weighted by Gasteiger charge is -2.38. The molecule has 4 nitrogen and oxygen atoms in total. The summed E-state index contributed by atoms with van der Waals surface area (Å²) < 4.78 is 0. The fourth-order valence-electron chi connectivity index (χ4n) is 3.61. The average Bonchev–Trinajstić information content (AvgIpc) is 3.41. The van der Waals surface area contributed by atoms with Gasteiger partial charge in [0.15, 0.2) is 0 Å². The summed E-state index contributed by atoms with van der Waals surface area (Å²) in [6.45, 7) is 33.2. The highest BCUT2D eigenvalue weighted by atomic mass is 15.4. The highest BCUT2D eigenvalue weighted by molar-refractivity contribution is 5.01. The minimum atomic E-state index is 0.233. The van der Waals surface area contributed by atoms with E-state index in [0.29, 0.717) is 0 Å². The van der Waals surface area contributed by atoms with E-state index in [0.717, 1.165) is 13.3 Å². The van der Waals surface area contributed by atoms with E-state index in [9.17, 15) is 0 Å². The van der Waals surface area contributed by atoms with Crippen LogP contribution in [-0.2, 0) is 0 Å². The van der Waals surface area contributed by atoms with Gasteiger partial charge in [-0.05, 0) is 103 Å². The van der Waals surface area contributed by atoms with Gasteiger partial charge in [-0.2, -0.15) is 0 Å². The molecule has 0 aromatic heterocycles. The van der Waals surface area contributed by atoms with Crippen LogP contribution in [0.15, 0.2) is 37.0 Å². The van der Waals surface area contributed by atoms with Crippen LogP contribution in [0.5, 0.6) is 0 Å². The minimum Gasteiger partial charge on any atom is -0.354 e. The fourth-order valence-corrected chi connectivity index (χ4v) is 3.61. The summed E-state index contributed by atoms with van der Waals surface area (Å²) in [5, 5.41) is 0. The molecule has 2 aliphatic rings. The van der Waals surface area contributed by atoms with Crippen LogP contribution in [0.4, 0.5) is 0 Å². The van der Waals surface area contributed by atoms with Crippen molar-refractivity contribution >= 4 is 0 Å². The Kier molecular flexibility index (Phi) is 14.3. The second-order valence-electron chi connectivity index (χ2n) is 14.2. The number of allylic oxidation sites excluding steroid dienone is 2. The third kappa shape index (κ3) is 14.2. The molecule has 212 valence electrons. The van der Waals surface area contributed by atoms with Gasteiger partial charge in [0.05, 0.1) is 13.3 Å². The molecule has 0 aromatic carbocycles. The Morgan fingerprint density at radius 2 is 0.833 bits per heavy atom. The van der Waals surface area contributed by atoms with Crippen molar-refractivity contribution in [2.75, 3.05) is 13.3 Å². The van der Waals surface area contributed by atoms with Gasteiger partial charge in [0.1, 0.15) is 0 Å². The van der Waals surface area contributed by atoms with E-state index < -0.39 is 0 Å². The van der Waals surface area contributed by atoms with Crippen molar-refractivity contribution in [3.8, 4) is 0 Å². The molecule has 0 aliphatic carbocycles. The normalized spacial score (nSPS) is 16.5. The molecule has 0 aromatic rings. The van der Waals surface area contributed by atoms with E-state index in [1.54, 1.807) is 0 Å². The second kappa shape index (κ2) is 15.0. The van der Waals surface area contributed by atoms with E-state index in [1.807, 2.05) is 0 Å². The topological polar surface area (TPSA) is 13.0 Å². The second-order valence-corrected chi connectivity index (χ2v) is 14.2. The maximum atomic E-state index is 2.36. The Bertz CT molecular complexity index is 570. The van der Waals surface area contributed by atoms with Crippen molar-refractivity contribution in [2.24, 2.45) is 0 Å². The number of hydrogen-bond acceptors (Lipinski definition) is 4. The Morgan fingerprint density at radius 1 is 0.528 bits per heavy atom. The van der Waals surface area contributed by atoms with E-state index >= 15 is 0 Å². The van der Waals surface area contributed by atoms with Crippen LogP contribution < -0.4 is 0 Å². The number of nitrogens with zero attached hydrogens (tertiary/aromatic N) is 4. The van der Waals surface area contributed by atoms with Gasteiger partial charge in [-0.1, -0.05) is 44.8 Å². The van der Waals surface area contributed by atoms with Crippen LogP contribution in [0.3, 0.4) is 0 Å². The van der Waals surface area contributed by atoms with E-state index in [1.165, 1.54) is 38.5 Å². The van der Waals surface area contributed by atoms with Crippen LogP contribution in [-0.4, -0.2) is 55.1 Å². The Hall–Kier alpha value is -1.58. The monoisotopic (exact) mass is 505 g/mol. The summed E-state index contributed by atoms with van der Waals surface area (Å²) in [5.41, 5.74) is 0.931. The van der Waals surface area contributed by atoms with Gasteiger partial charge in [-0.15, -0.1) is 0 Å². The van der Waals surface area contributed by atoms with Gasteiger partial charge < -0.3 is 19.6 Å². The average molecular weight is 505 g/mol. The van der Waals surface area contributed by atoms with Gasteiger partial charge in [-0.3, -0.25) is 0 Å². The van der Waals surface area contributed by atoms with Crippen molar-refractivity contribution in [1.82, 2.24) is 19.6 Å². The van der Waals surface area contributed by atoms with Gasteiger partial charge >= 0.3 is 0 Å². The van der Waals surface area contributed by atoms with Gasteiger partial charge in [-0.25, -0.2) is 0 Å². The molecule has 0 atom stereocenters. The molecule has 0 spiro atoms. The molecule has 0 bridgehead atoms. The maximum Gasteiger partial charge on any atom is 0.0903 e. The molecule has 0 saturated heterocycles. The lowest BCUT2D eigenvalue weighted by molar-refractivity contribution is 0.110. The van der Waals surface area contributed by atoms with E-state index in [4.69, 9.17) is 0 Å². The number of hydrogen-bond donors (Lipinski definition) is 0. The summed E-state index contributed by atoms with van der Waals surface area (Å²) in [4.78, 5) is 9.44. The van der Waals surface area contributed by atoms with Gasteiger partial charge in [0.25, 0.3) is 0 Å². The molecule has 2 aliphatic heterocycles.